The smallest absolute Gasteiger partial charge is 0.261 e. The quantitative estimate of drug-likeness (QED) is 0.433. The van der Waals surface area contributed by atoms with Crippen LogP contribution in [-0.2, 0) is 16.1 Å². The van der Waals surface area contributed by atoms with E-state index in [9.17, 15) is 9.59 Å². The molecule has 1 heterocycles. The molecule has 0 radical (unpaired) electrons. The van der Waals surface area contributed by atoms with Crippen LogP contribution in [0.25, 0.3) is 10.9 Å². The van der Waals surface area contributed by atoms with E-state index in [4.69, 9.17) is 17.0 Å². The van der Waals surface area contributed by atoms with Crippen molar-refractivity contribution in [3.63, 3.8) is 0 Å². The summed E-state index contributed by atoms with van der Waals surface area (Å²) in [5.74, 6) is -0.372. The fourth-order valence-electron chi connectivity index (χ4n) is 2.18. The summed E-state index contributed by atoms with van der Waals surface area (Å²) in [6, 6.07) is 7.01. The van der Waals surface area contributed by atoms with Gasteiger partial charge in [-0.05, 0) is 30.8 Å². The van der Waals surface area contributed by atoms with Gasteiger partial charge in [0.15, 0.2) is 5.11 Å². The molecule has 1 aromatic carbocycles. The highest BCUT2D eigenvalue weighted by Crippen LogP contribution is 2.04. The van der Waals surface area contributed by atoms with E-state index in [2.05, 4.69) is 15.7 Å². The van der Waals surface area contributed by atoms with Gasteiger partial charge in [0, 0.05) is 27.3 Å². The summed E-state index contributed by atoms with van der Waals surface area (Å²) >= 11 is 5.18. The van der Waals surface area contributed by atoms with Crippen molar-refractivity contribution in [3.8, 4) is 0 Å². The number of hydrogen-bond acceptors (Lipinski definition) is 5. The first-order valence-electron chi connectivity index (χ1n) is 7.77. The molecular weight excluding hydrogens is 342 g/mol. The monoisotopic (exact) mass is 363 g/mol. The molecule has 0 saturated heterocycles. The van der Waals surface area contributed by atoms with Crippen molar-refractivity contribution in [3.05, 3.63) is 40.9 Å². The number of thiocarbonyl (C=S) groups is 1. The van der Waals surface area contributed by atoms with Crippen LogP contribution in [0.2, 0.25) is 0 Å². The molecule has 134 valence electrons. The molecule has 25 heavy (non-hydrogen) atoms. The van der Waals surface area contributed by atoms with Gasteiger partial charge in [0.25, 0.3) is 11.5 Å². The fourth-order valence-corrected chi connectivity index (χ4v) is 2.32. The molecule has 1 aromatic heterocycles. The van der Waals surface area contributed by atoms with Crippen molar-refractivity contribution < 1.29 is 9.53 Å². The molecule has 0 unspecified atom stereocenters. The van der Waals surface area contributed by atoms with E-state index in [0.717, 1.165) is 6.42 Å². The first-order valence-corrected chi connectivity index (χ1v) is 8.18. The molecule has 0 aliphatic carbocycles. The topological polar surface area (TPSA) is 88.5 Å². The van der Waals surface area contributed by atoms with Crippen molar-refractivity contribution in [1.82, 2.24) is 25.3 Å². The van der Waals surface area contributed by atoms with Crippen LogP contribution in [0.15, 0.2) is 35.4 Å². The SMILES string of the molecule is COCCCNC(=S)N(C)NC(=O)Cn1cnc2ccccc2c1=O. The average Bonchev–Trinajstić information content (AvgIpc) is 2.61. The standard InChI is InChI=1S/C16H21N5O3S/c1-20(16(25)17-8-5-9-24-2)19-14(22)10-21-11-18-13-7-4-3-6-12(13)15(21)23/h3-4,6-7,11H,5,8-10H2,1-2H3,(H,17,25)(H,19,22). The Morgan fingerprint density at radius 2 is 2.16 bits per heavy atom. The van der Waals surface area contributed by atoms with Crippen LogP contribution in [0.3, 0.4) is 0 Å². The Morgan fingerprint density at radius 3 is 2.92 bits per heavy atom. The Hall–Kier alpha value is -2.52. The van der Waals surface area contributed by atoms with Gasteiger partial charge in [0.1, 0.15) is 6.54 Å². The lowest BCUT2D eigenvalue weighted by Gasteiger charge is -2.21. The maximum absolute atomic E-state index is 12.4. The molecule has 0 saturated carbocycles. The lowest BCUT2D eigenvalue weighted by Crippen LogP contribution is -2.49. The third-order valence-corrected chi connectivity index (χ3v) is 3.86. The molecule has 8 nitrogen and oxygen atoms in total. The van der Waals surface area contributed by atoms with Crippen LogP contribution < -0.4 is 16.3 Å². The highest BCUT2D eigenvalue weighted by Gasteiger charge is 2.11. The largest absolute Gasteiger partial charge is 0.385 e. The van der Waals surface area contributed by atoms with E-state index in [0.29, 0.717) is 29.2 Å². The Kier molecular flexibility index (Phi) is 6.84. The van der Waals surface area contributed by atoms with E-state index in [-0.39, 0.29) is 18.0 Å². The maximum atomic E-state index is 12.4. The highest BCUT2D eigenvalue weighted by atomic mass is 32.1. The molecule has 2 aromatic rings. The van der Waals surface area contributed by atoms with Crippen molar-refractivity contribution >= 4 is 34.1 Å². The number of para-hydroxylation sites is 1. The van der Waals surface area contributed by atoms with Crippen LogP contribution in [-0.4, -0.2) is 52.9 Å². The van der Waals surface area contributed by atoms with E-state index in [1.807, 2.05) is 0 Å². The maximum Gasteiger partial charge on any atom is 0.261 e. The van der Waals surface area contributed by atoms with E-state index in [1.54, 1.807) is 38.4 Å². The number of carbonyl (C=O) groups is 1. The van der Waals surface area contributed by atoms with Gasteiger partial charge in [0.2, 0.25) is 0 Å². The number of aromatic nitrogens is 2. The Morgan fingerprint density at radius 1 is 1.40 bits per heavy atom. The number of rotatable bonds is 6. The van der Waals surface area contributed by atoms with E-state index < -0.39 is 0 Å². The number of nitrogens with one attached hydrogen (secondary N) is 2. The number of hydrogen-bond donors (Lipinski definition) is 2. The molecule has 9 heteroatoms. The first-order chi connectivity index (χ1) is 12.0. The minimum Gasteiger partial charge on any atom is -0.385 e. The normalized spacial score (nSPS) is 10.5. The van der Waals surface area contributed by atoms with Crippen molar-refractivity contribution in [1.29, 1.82) is 0 Å². The van der Waals surface area contributed by atoms with Gasteiger partial charge in [-0.3, -0.25) is 24.6 Å². The third-order valence-electron chi connectivity index (χ3n) is 3.44. The molecule has 2 N–H and O–H groups in total. The summed E-state index contributed by atoms with van der Waals surface area (Å²) in [6.07, 6.45) is 2.17. The van der Waals surface area contributed by atoms with Gasteiger partial charge in [-0.25, -0.2) is 4.98 Å². The summed E-state index contributed by atoms with van der Waals surface area (Å²) in [5.41, 5.74) is 2.96. The number of fused-ring (bicyclic) bond motifs is 1. The summed E-state index contributed by atoms with van der Waals surface area (Å²) in [5, 5.41) is 5.27. The van der Waals surface area contributed by atoms with Crippen molar-refractivity contribution in [2.24, 2.45) is 0 Å². The molecule has 0 fully saturated rings. The van der Waals surface area contributed by atoms with Crippen LogP contribution >= 0.6 is 12.2 Å². The van der Waals surface area contributed by atoms with Gasteiger partial charge < -0.3 is 10.1 Å². The number of nitrogens with zero attached hydrogens (tertiary/aromatic N) is 3. The van der Waals surface area contributed by atoms with Crippen LogP contribution in [0.1, 0.15) is 6.42 Å². The van der Waals surface area contributed by atoms with Crippen molar-refractivity contribution in [2.75, 3.05) is 27.3 Å². The van der Waals surface area contributed by atoms with Gasteiger partial charge in [-0.1, -0.05) is 12.1 Å². The van der Waals surface area contributed by atoms with Gasteiger partial charge >= 0.3 is 0 Å². The predicted molar refractivity (Wildman–Crippen MR) is 99.0 cm³/mol. The zero-order valence-electron chi connectivity index (χ0n) is 14.2. The molecule has 2 rings (SSSR count). The Labute approximate surface area is 150 Å². The molecule has 1 amide bonds. The van der Waals surface area contributed by atoms with Gasteiger partial charge in [0.05, 0.1) is 17.2 Å². The van der Waals surface area contributed by atoms with Crippen LogP contribution in [0, 0.1) is 0 Å². The molecule has 0 aliphatic rings. The summed E-state index contributed by atoms with van der Waals surface area (Å²) in [6.45, 7) is 1.12. The highest BCUT2D eigenvalue weighted by molar-refractivity contribution is 7.80. The molecule has 0 aliphatic heterocycles. The summed E-state index contributed by atoms with van der Waals surface area (Å²) in [4.78, 5) is 28.7. The second kappa shape index (κ2) is 9.09. The number of methoxy groups -OCH3 is 1. The van der Waals surface area contributed by atoms with Crippen LogP contribution in [0.5, 0.6) is 0 Å². The number of benzene rings is 1. The van der Waals surface area contributed by atoms with Gasteiger partial charge in [-0.15, -0.1) is 0 Å². The minimum atomic E-state index is -0.372. The molecular formula is C16H21N5O3S. The van der Waals surface area contributed by atoms with E-state index >= 15 is 0 Å². The Balaban J connectivity index is 1.92. The second-order valence-corrected chi connectivity index (χ2v) is 5.75. The molecule has 0 atom stereocenters. The fraction of sp³-hybridized carbons (Fsp3) is 0.375. The minimum absolute atomic E-state index is 0.146. The van der Waals surface area contributed by atoms with E-state index in [1.165, 1.54) is 15.9 Å². The van der Waals surface area contributed by atoms with Crippen molar-refractivity contribution in [2.45, 2.75) is 13.0 Å². The summed E-state index contributed by atoms with van der Waals surface area (Å²) in [7, 11) is 3.26. The van der Waals surface area contributed by atoms with Crippen LogP contribution in [0.4, 0.5) is 0 Å². The number of carbonyl (C=O) groups excluding carboxylic acids is 1. The lowest BCUT2D eigenvalue weighted by molar-refractivity contribution is -0.124. The summed E-state index contributed by atoms with van der Waals surface area (Å²) < 4.78 is 6.22. The number of hydrazine groups is 1. The predicted octanol–water partition coefficient (Wildman–Crippen LogP) is 0.271. The average molecular weight is 363 g/mol. The number of ether oxygens (including phenoxy) is 1. The first kappa shape index (κ1) is 18.8. The second-order valence-electron chi connectivity index (χ2n) is 5.37. The lowest BCUT2D eigenvalue weighted by atomic mass is 10.2. The molecule has 0 spiro atoms. The third kappa shape index (κ3) is 5.23. The number of amides is 1. The zero-order valence-corrected chi connectivity index (χ0v) is 15.0. The molecule has 0 bridgehead atoms. The van der Waals surface area contributed by atoms with Gasteiger partial charge in [-0.2, -0.15) is 0 Å². The zero-order chi connectivity index (χ0) is 18.2. The Bertz CT molecular complexity index is 808.